The van der Waals surface area contributed by atoms with Gasteiger partial charge in [-0.2, -0.15) is 0 Å². The summed E-state index contributed by atoms with van der Waals surface area (Å²) < 4.78 is 0. The van der Waals surface area contributed by atoms with Crippen LogP contribution >= 0.6 is 0 Å². The highest BCUT2D eigenvalue weighted by Gasteiger charge is 2.14. The zero-order valence-electron chi connectivity index (χ0n) is 15.9. The first kappa shape index (κ1) is 17.2. The van der Waals surface area contributed by atoms with Crippen LogP contribution < -0.4 is 0 Å². The van der Waals surface area contributed by atoms with Gasteiger partial charge in [0.1, 0.15) is 5.82 Å². The summed E-state index contributed by atoms with van der Waals surface area (Å²) >= 11 is 0. The average Bonchev–Trinajstić information content (AvgIpc) is 2.69. The molecule has 27 heavy (non-hydrogen) atoms. The summed E-state index contributed by atoms with van der Waals surface area (Å²) in [6.45, 7) is 6.28. The molecule has 0 N–H and O–H groups in total. The fourth-order valence-corrected chi connectivity index (χ4v) is 3.55. The van der Waals surface area contributed by atoms with Crippen molar-refractivity contribution in [2.75, 3.05) is 0 Å². The Kier molecular flexibility index (Phi) is 4.55. The first-order valence-electron chi connectivity index (χ1n) is 9.20. The van der Waals surface area contributed by atoms with E-state index in [0.717, 1.165) is 28.3 Å². The van der Waals surface area contributed by atoms with E-state index in [-0.39, 0.29) is 0 Å². The molecule has 0 radical (unpaired) electrons. The van der Waals surface area contributed by atoms with E-state index in [4.69, 9.17) is 4.98 Å². The molecule has 0 spiro atoms. The number of benzene rings is 3. The summed E-state index contributed by atoms with van der Waals surface area (Å²) in [6, 6.07) is 27.3. The normalized spacial score (nSPS) is 10.8. The van der Waals surface area contributed by atoms with E-state index >= 15 is 0 Å². The minimum absolute atomic E-state index is 0.781. The number of hydrogen-bond acceptors (Lipinski definition) is 2. The molecule has 0 atom stereocenters. The highest BCUT2D eigenvalue weighted by atomic mass is 14.9. The first-order valence-corrected chi connectivity index (χ1v) is 9.20. The second-order valence-electron chi connectivity index (χ2n) is 6.86. The van der Waals surface area contributed by atoms with E-state index in [1.807, 2.05) is 25.1 Å². The predicted octanol–water partition coefficient (Wildman–Crippen LogP) is 6.40. The van der Waals surface area contributed by atoms with Gasteiger partial charge in [0.05, 0.1) is 11.4 Å². The van der Waals surface area contributed by atoms with E-state index in [2.05, 4.69) is 79.5 Å². The maximum absolute atomic E-state index is 4.78. The van der Waals surface area contributed by atoms with E-state index in [1.165, 1.54) is 22.3 Å². The topological polar surface area (TPSA) is 25.8 Å². The Labute approximate surface area is 160 Å². The van der Waals surface area contributed by atoms with Crippen LogP contribution in [0.4, 0.5) is 0 Å². The molecule has 0 amide bonds. The van der Waals surface area contributed by atoms with E-state index in [1.54, 1.807) is 0 Å². The molecule has 2 heteroatoms. The molecule has 132 valence electrons. The molecule has 0 bridgehead atoms. The lowest BCUT2D eigenvalue weighted by Gasteiger charge is -2.16. The summed E-state index contributed by atoms with van der Waals surface area (Å²) in [5, 5.41) is 0. The van der Waals surface area contributed by atoms with Crippen molar-refractivity contribution in [2.24, 2.45) is 0 Å². The van der Waals surface area contributed by atoms with Crippen LogP contribution in [0.25, 0.3) is 33.6 Å². The van der Waals surface area contributed by atoms with Gasteiger partial charge < -0.3 is 0 Å². The highest BCUT2D eigenvalue weighted by Crippen LogP contribution is 2.36. The predicted molar refractivity (Wildman–Crippen MR) is 113 cm³/mol. The fourth-order valence-electron chi connectivity index (χ4n) is 3.55. The van der Waals surface area contributed by atoms with Crippen LogP contribution in [0, 0.1) is 20.8 Å². The molecule has 0 saturated heterocycles. The van der Waals surface area contributed by atoms with Crippen molar-refractivity contribution >= 4 is 0 Å². The molecule has 0 fully saturated rings. The van der Waals surface area contributed by atoms with Gasteiger partial charge in [-0.25, -0.2) is 9.97 Å². The molecule has 4 rings (SSSR count). The van der Waals surface area contributed by atoms with Crippen LogP contribution in [0.15, 0.2) is 78.9 Å². The summed E-state index contributed by atoms with van der Waals surface area (Å²) in [7, 11) is 0. The SMILES string of the molecule is Cc1nc(-c2ccccc2)cc(-c2cccc(C)c2-c2ccccc2C)n1. The third-order valence-electron chi connectivity index (χ3n) is 4.87. The zero-order valence-corrected chi connectivity index (χ0v) is 15.9. The van der Waals surface area contributed by atoms with E-state index < -0.39 is 0 Å². The van der Waals surface area contributed by atoms with Gasteiger partial charge >= 0.3 is 0 Å². The molecule has 3 aromatic carbocycles. The smallest absolute Gasteiger partial charge is 0.126 e. The van der Waals surface area contributed by atoms with Crippen LogP contribution in [0.1, 0.15) is 17.0 Å². The molecule has 0 aliphatic carbocycles. The maximum atomic E-state index is 4.78. The van der Waals surface area contributed by atoms with Gasteiger partial charge in [-0.3, -0.25) is 0 Å². The fraction of sp³-hybridized carbons (Fsp3) is 0.120. The van der Waals surface area contributed by atoms with Crippen LogP contribution in [0.5, 0.6) is 0 Å². The number of aromatic nitrogens is 2. The van der Waals surface area contributed by atoms with Gasteiger partial charge in [-0.1, -0.05) is 72.8 Å². The van der Waals surface area contributed by atoms with Crippen molar-refractivity contribution in [2.45, 2.75) is 20.8 Å². The summed E-state index contributed by atoms with van der Waals surface area (Å²) in [6.07, 6.45) is 0. The number of rotatable bonds is 3. The second-order valence-corrected chi connectivity index (χ2v) is 6.86. The number of aryl methyl sites for hydroxylation is 3. The molecule has 0 aliphatic heterocycles. The lowest BCUT2D eigenvalue weighted by Crippen LogP contribution is -1.97. The minimum atomic E-state index is 0.781. The lowest BCUT2D eigenvalue weighted by molar-refractivity contribution is 1.06. The van der Waals surface area contributed by atoms with Crippen molar-refractivity contribution < 1.29 is 0 Å². The Hall–Kier alpha value is -3.26. The Morgan fingerprint density at radius 3 is 1.96 bits per heavy atom. The van der Waals surface area contributed by atoms with Crippen LogP contribution in [0.3, 0.4) is 0 Å². The van der Waals surface area contributed by atoms with Gasteiger partial charge in [-0.15, -0.1) is 0 Å². The second kappa shape index (κ2) is 7.16. The lowest BCUT2D eigenvalue weighted by atomic mass is 9.90. The van der Waals surface area contributed by atoms with E-state index in [9.17, 15) is 0 Å². The molecule has 0 unspecified atom stereocenters. The van der Waals surface area contributed by atoms with Gasteiger partial charge in [0, 0.05) is 11.1 Å². The first-order chi connectivity index (χ1) is 13.1. The van der Waals surface area contributed by atoms with Crippen molar-refractivity contribution in [1.82, 2.24) is 9.97 Å². The van der Waals surface area contributed by atoms with Gasteiger partial charge in [-0.05, 0) is 49.1 Å². The van der Waals surface area contributed by atoms with Crippen molar-refractivity contribution in [1.29, 1.82) is 0 Å². The minimum Gasteiger partial charge on any atom is -0.233 e. The van der Waals surface area contributed by atoms with Crippen LogP contribution in [-0.2, 0) is 0 Å². The number of nitrogens with zero attached hydrogens (tertiary/aromatic N) is 2. The van der Waals surface area contributed by atoms with E-state index in [0.29, 0.717) is 0 Å². The molecule has 1 aromatic heterocycles. The maximum Gasteiger partial charge on any atom is 0.126 e. The zero-order chi connectivity index (χ0) is 18.8. The molecule has 1 heterocycles. The number of hydrogen-bond donors (Lipinski definition) is 0. The van der Waals surface area contributed by atoms with Crippen molar-refractivity contribution in [3.63, 3.8) is 0 Å². The third-order valence-corrected chi connectivity index (χ3v) is 4.87. The Morgan fingerprint density at radius 2 is 1.19 bits per heavy atom. The van der Waals surface area contributed by atoms with Gasteiger partial charge in [0.2, 0.25) is 0 Å². The molecule has 2 nitrogen and oxygen atoms in total. The van der Waals surface area contributed by atoms with Crippen molar-refractivity contribution in [3.8, 4) is 33.6 Å². The molecule has 4 aromatic rings. The standard InChI is InChI=1S/C25H22N2/c1-17-10-7-8-14-21(17)25-18(2)11-9-15-22(25)24-16-23(26-19(3)27-24)20-12-5-4-6-13-20/h4-16H,1-3H3. The van der Waals surface area contributed by atoms with Gasteiger partial charge in [0.15, 0.2) is 0 Å². The monoisotopic (exact) mass is 350 g/mol. The summed E-state index contributed by atoms with van der Waals surface area (Å²) in [4.78, 5) is 9.44. The molecule has 0 aliphatic rings. The van der Waals surface area contributed by atoms with Gasteiger partial charge in [0.25, 0.3) is 0 Å². The molecular formula is C25H22N2. The molecular weight excluding hydrogens is 328 g/mol. The highest BCUT2D eigenvalue weighted by molar-refractivity contribution is 5.86. The van der Waals surface area contributed by atoms with Crippen LogP contribution in [0.2, 0.25) is 0 Å². The Balaban J connectivity index is 1.94. The Morgan fingerprint density at radius 1 is 0.556 bits per heavy atom. The molecule has 0 saturated carbocycles. The Bertz CT molecular complexity index is 1100. The van der Waals surface area contributed by atoms with Crippen molar-refractivity contribution in [3.05, 3.63) is 95.8 Å². The quantitative estimate of drug-likeness (QED) is 0.427. The summed E-state index contributed by atoms with van der Waals surface area (Å²) in [5.74, 6) is 0.781. The average molecular weight is 350 g/mol. The third kappa shape index (κ3) is 3.39. The summed E-state index contributed by atoms with van der Waals surface area (Å²) in [5.41, 5.74) is 9.18. The largest absolute Gasteiger partial charge is 0.233 e. The van der Waals surface area contributed by atoms with Crippen LogP contribution in [-0.4, -0.2) is 9.97 Å².